The molecular formula is C10H16N2O2. The molecule has 0 aliphatic carbocycles. The molecule has 1 unspecified atom stereocenters. The van der Waals surface area contributed by atoms with Crippen LogP contribution < -0.4 is 5.73 Å². The molecule has 1 aromatic rings. The fourth-order valence-corrected chi connectivity index (χ4v) is 1.68. The van der Waals surface area contributed by atoms with Gasteiger partial charge in [-0.05, 0) is 19.9 Å². The van der Waals surface area contributed by atoms with Crippen molar-refractivity contribution in [1.82, 2.24) is 4.98 Å². The molecule has 0 radical (unpaired) electrons. The van der Waals surface area contributed by atoms with Crippen molar-refractivity contribution in [1.29, 1.82) is 0 Å². The summed E-state index contributed by atoms with van der Waals surface area (Å²) in [4.78, 5) is 4.29. The Balaban J connectivity index is 2.15. The number of hydrogen-bond donors (Lipinski definition) is 1. The van der Waals surface area contributed by atoms with E-state index in [2.05, 4.69) is 11.9 Å². The van der Waals surface area contributed by atoms with Crippen molar-refractivity contribution >= 4 is 0 Å². The number of nitrogens with two attached hydrogens (primary N) is 1. The molecule has 0 aromatic carbocycles. The van der Waals surface area contributed by atoms with Crippen LogP contribution in [-0.4, -0.2) is 24.7 Å². The summed E-state index contributed by atoms with van der Waals surface area (Å²) in [5.41, 5.74) is 5.41. The summed E-state index contributed by atoms with van der Waals surface area (Å²) in [5, 5.41) is 0. The predicted molar refractivity (Wildman–Crippen MR) is 52.0 cm³/mol. The Bertz CT molecular complexity index is 303. The number of aromatic nitrogens is 1. The van der Waals surface area contributed by atoms with Gasteiger partial charge < -0.3 is 14.9 Å². The first-order valence-corrected chi connectivity index (χ1v) is 4.97. The van der Waals surface area contributed by atoms with Crippen LogP contribution in [0.1, 0.15) is 25.0 Å². The van der Waals surface area contributed by atoms with Gasteiger partial charge in [-0.25, -0.2) is 4.98 Å². The van der Waals surface area contributed by atoms with E-state index in [-0.39, 0.29) is 5.41 Å². The average Bonchev–Trinajstić information content (AvgIpc) is 2.75. The van der Waals surface area contributed by atoms with E-state index in [1.165, 1.54) is 0 Å². The van der Waals surface area contributed by atoms with Crippen molar-refractivity contribution in [3.63, 3.8) is 0 Å². The van der Waals surface area contributed by atoms with Crippen LogP contribution in [0.2, 0.25) is 0 Å². The van der Waals surface area contributed by atoms with E-state index >= 15 is 0 Å². The zero-order valence-corrected chi connectivity index (χ0v) is 8.45. The van der Waals surface area contributed by atoms with Gasteiger partial charge in [-0.15, -0.1) is 0 Å². The summed E-state index contributed by atoms with van der Waals surface area (Å²) in [6.07, 6.45) is 3.51. The Kier molecular flexibility index (Phi) is 2.56. The lowest BCUT2D eigenvalue weighted by atomic mass is 9.90. The van der Waals surface area contributed by atoms with Crippen LogP contribution in [0.5, 0.6) is 0 Å². The van der Waals surface area contributed by atoms with E-state index in [4.69, 9.17) is 14.9 Å². The second-order valence-corrected chi connectivity index (χ2v) is 4.03. The Morgan fingerprint density at radius 3 is 3.14 bits per heavy atom. The topological polar surface area (TPSA) is 61.3 Å². The number of oxazole rings is 1. The van der Waals surface area contributed by atoms with E-state index in [0.717, 1.165) is 31.1 Å². The zero-order valence-electron chi connectivity index (χ0n) is 8.45. The monoisotopic (exact) mass is 196 g/mol. The van der Waals surface area contributed by atoms with Crippen LogP contribution in [0.3, 0.4) is 0 Å². The van der Waals surface area contributed by atoms with E-state index in [9.17, 15) is 0 Å². The summed E-state index contributed by atoms with van der Waals surface area (Å²) in [5.74, 6) is 1.66. The van der Waals surface area contributed by atoms with E-state index in [1.54, 1.807) is 6.20 Å². The lowest BCUT2D eigenvalue weighted by Crippen LogP contribution is -2.21. The molecule has 0 bridgehead atoms. The lowest BCUT2D eigenvalue weighted by Gasteiger charge is -2.16. The molecular weight excluding hydrogens is 180 g/mol. The third kappa shape index (κ3) is 1.67. The molecule has 14 heavy (non-hydrogen) atoms. The molecule has 1 aliphatic heterocycles. The van der Waals surface area contributed by atoms with E-state index in [1.807, 2.05) is 0 Å². The maximum Gasteiger partial charge on any atom is 0.202 e. The van der Waals surface area contributed by atoms with Gasteiger partial charge >= 0.3 is 0 Å². The van der Waals surface area contributed by atoms with Gasteiger partial charge in [0, 0.05) is 13.0 Å². The second kappa shape index (κ2) is 3.71. The third-order valence-corrected chi connectivity index (χ3v) is 2.68. The minimum absolute atomic E-state index is 0.0349. The standard InChI is InChI=1S/C10H16N2O2/c1-10(3-5-13-7-10)9-12-6-8(14-9)2-4-11/h6H,2-5,7,11H2,1H3. The molecule has 4 heteroatoms. The quantitative estimate of drug-likeness (QED) is 0.778. The van der Waals surface area contributed by atoms with Crippen LogP contribution in [0, 0.1) is 0 Å². The van der Waals surface area contributed by atoms with Crippen LogP contribution in [0.4, 0.5) is 0 Å². The molecule has 78 valence electrons. The second-order valence-electron chi connectivity index (χ2n) is 4.03. The van der Waals surface area contributed by atoms with Crippen LogP contribution in [0.25, 0.3) is 0 Å². The lowest BCUT2D eigenvalue weighted by molar-refractivity contribution is 0.172. The van der Waals surface area contributed by atoms with Gasteiger partial charge in [-0.2, -0.15) is 0 Å². The molecule has 4 nitrogen and oxygen atoms in total. The van der Waals surface area contributed by atoms with Crippen LogP contribution >= 0.6 is 0 Å². The highest BCUT2D eigenvalue weighted by molar-refractivity contribution is 5.08. The van der Waals surface area contributed by atoms with Gasteiger partial charge in [-0.1, -0.05) is 0 Å². The molecule has 2 rings (SSSR count). The molecule has 1 saturated heterocycles. The Hall–Kier alpha value is -0.870. The highest BCUT2D eigenvalue weighted by atomic mass is 16.5. The maximum atomic E-state index is 5.64. The number of nitrogens with zero attached hydrogens (tertiary/aromatic N) is 1. The van der Waals surface area contributed by atoms with Crippen molar-refractivity contribution in [3.05, 3.63) is 17.8 Å². The highest BCUT2D eigenvalue weighted by Gasteiger charge is 2.36. The fraction of sp³-hybridized carbons (Fsp3) is 0.700. The first-order valence-electron chi connectivity index (χ1n) is 4.97. The fourth-order valence-electron chi connectivity index (χ4n) is 1.68. The predicted octanol–water partition coefficient (Wildman–Crippen LogP) is 0.854. The maximum absolute atomic E-state index is 5.64. The third-order valence-electron chi connectivity index (χ3n) is 2.68. The van der Waals surface area contributed by atoms with Gasteiger partial charge in [0.2, 0.25) is 5.89 Å². The normalized spacial score (nSPS) is 27.0. The summed E-state index contributed by atoms with van der Waals surface area (Å²) in [6.45, 7) is 4.22. The van der Waals surface area contributed by atoms with Gasteiger partial charge in [0.05, 0.1) is 18.2 Å². The minimum Gasteiger partial charge on any atom is -0.445 e. The Morgan fingerprint density at radius 2 is 2.50 bits per heavy atom. The highest BCUT2D eigenvalue weighted by Crippen LogP contribution is 2.31. The largest absolute Gasteiger partial charge is 0.445 e. The van der Waals surface area contributed by atoms with Gasteiger partial charge in [0.25, 0.3) is 0 Å². The molecule has 0 spiro atoms. The minimum atomic E-state index is -0.0349. The van der Waals surface area contributed by atoms with E-state index < -0.39 is 0 Å². The van der Waals surface area contributed by atoms with Crippen LogP contribution in [0.15, 0.2) is 10.6 Å². The first kappa shape index (κ1) is 9.68. The molecule has 0 amide bonds. The van der Waals surface area contributed by atoms with Crippen molar-refractivity contribution < 1.29 is 9.15 Å². The van der Waals surface area contributed by atoms with E-state index in [0.29, 0.717) is 13.2 Å². The van der Waals surface area contributed by atoms with Crippen molar-refractivity contribution in [2.24, 2.45) is 5.73 Å². The molecule has 2 N–H and O–H groups in total. The molecule has 1 aromatic heterocycles. The van der Waals surface area contributed by atoms with Crippen molar-refractivity contribution in [2.75, 3.05) is 19.8 Å². The molecule has 1 atom stereocenters. The zero-order chi connectivity index (χ0) is 10.0. The summed E-state index contributed by atoms with van der Waals surface area (Å²) in [7, 11) is 0. The number of ether oxygens (including phenoxy) is 1. The molecule has 1 fully saturated rings. The van der Waals surface area contributed by atoms with Gasteiger partial charge in [0.15, 0.2) is 0 Å². The number of rotatable bonds is 3. The van der Waals surface area contributed by atoms with Gasteiger partial charge in [0.1, 0.15) is 5.76 Å². The molecule has 1 aliphatic rings. The number of hydrogen-bond acceptors (Lipinski definition) is 4. The Labute approximate surface area is 83.4 Å². The van der Waals surface area contributed by atoms with Crippen molar-refractivity contribution in [2.45, 2.75) is 25.2 Å². The Morgan fingerprint density at radius 1 is 1.64 bits per heavy atom. The van der Waals surface area contributed by atoms with Crippen LogP contribution in [-0.2, 0) is 16.6 Å². The SMILES string of the molecule is CC1(c2ncc(CCN)o2)CCOC1. The van der Waals surface area contributed by atoms with Crippen molar-refractivity contribution in [3.8, 4) is 0 Å². The molecule has 2 heterocycles. The average molecular weight is 196 g/mol. The summed E-state index contributed by atoms with van der Waals surface area (Å²) < 4.78 is 11.0. The summed E-state index contributed by atoms with van der Waals surface area (Å²) in [6, 6.07) is 0. The smallest absolute Gasteiger partial charge is 0.202 e. The summed E-state index contributed by atoms with van der Waals surface area (Å²) >= 11 is 0. The van der Waals surface area contributed by atoms with Gasteiger partial charge in [-0.3, -0.25) is 0 Å². The first-order chi connectivity index (χ1) is 6.74. The molecule has 0 saturated carbocycles.